The summed E-state index contributed by atoms with van der Waals surface area (Å²) >= 11 is 0. The molecule has 1 unspecified atom stereocenters. The van der Waals surface area contributed by atoms with Gasteiger partial charge in [-0.3, -0.25) is 0 Å². The molecule has 0 saturated heterocycles. The maximum absolute atomic E-state index is 12.3. The van der Waals surface area contributed by atoms with Crippen molar-refractivity contribution in [3.63, 3.8) is 0 Å². The van der Waals surface area contributed by atoms with Gasteiger partial charge in [0.15, 0.2) is 0 Å². The summed E-state index contributed by atoms with van der Waals surface area (Å²) in [5.74, 6) is 0. The Morgan fingerprint density at radius 2 is 1.93 bits per heavy atom. The summed E-state index contributed by atoms with van der Waals surface area (Å²) in [4.78, 5) is 0. The van der Waals surface area contributed by atoms with E-state index in [0.29, 0.717) is 12.8 Å². The fraction of sp³-hybridized carbons (Fsp3) is 0.400. The molecule has 82 valence electrons. The van der Waals surface area contributed by atoms with Crippen molar-refractivity contribution in [2.75, 3.05) is 0 Å². The molecule has 1 aliphatic carbocycles. The van der Waals surface area contributed by atoms with Crippen molar-refractivity contribution in [2.45, 2.75) is 25.4 Å². The normalized spacial score (nSPS) is 21.0. The van der Waals surface area contributed by atoms with Crippen molar-refractivity contribution in [2.24, 2.45) is 0 Å². The molecule has 0 aliphatic heterocycles. The highest BCUT2D eigenvalue weighted by Gasteiger charge is 2.23. The molecule has 15 heavy (non-hydrogen) atoms. The van der Waals surface area contributed by atoms with Gasteiger partial charge < -0.3 is 0 Å². The van der Waals surface area contributed by atoms with E-state index in [0.717, 1.165) is 12.0 Å². The third kappa shape index (κ3) is 2.76. The fourth-order valence-corrected chi connectivity index (χ4v) is 2.40. The Morgan fingerprint density at radius 1 is 1.27 bits per heavy atom. The van der Waals surface area contributed by atoms with Crippen LogP contribution in [0.5, 0.6) is 0 Å². The quantitative estimate of drug-likeness (QED) is 0.727. The van der Waals surface area contributed by atoms with Gasteiger partial charge in [-0.05, 0) is 24.0 Å². The molecule has 5 heteroatoms. The Labute approximate surface area is 88.3 Å². The minimum atomic E-state index is -4.83. The number of aryl methyl sites for hydroxylation is 1. The van der Waals surface area contributed by atoms with E-state index >= 15 is 0 Å². The van der Waals surface area contributed by atoms with Crippen molar-refractivity contribution >= 4 is 10.5 Å². The summed E-state index contributed by atoms with van der Waals surface area (Å²) in [6.07, 6.45) is 1.17. The monoisotopic (exact) mass is 230 g/mol. The van der Waals surface area contributed by atoms with Crippen LogP contribution in [0.2, 0.25) is 0 Å². The van der Waals surface area contributed by atoms with Crippen molar-refractivity contribution in [1.82, 2.24) is 0 Å². The van der Waals surface area contributed by atoms with Crippen molar-refractivity contribution in [1.29, 1.82) is 0 Å². The number of rotatable bonds is 2. The zero-order valence-corrected chi connectivity index (χ0v) is 8.84. The van der Waals surface area contributed by atoms with Gasteiger partial charge in [-0.1, -0.05) is 28.2 Å². The van der Waals surface area contributed by atoms with Gasteiger partial charge in [0.2, 0.25) is 0 Å². The van der Waals surface area contributed by atoms with Gasteiger partial charge in [0.05, 0.1) is 6.10 Å². The van der Waals surface area contributed by atoms with Crippen LogP contribution in [-0.4, -0.2) is 14.5 Å². The molecule has 0 N–H and O–H groups in total. The average molecular weight is 230 g/mol. The molecule has 2 rings (SSSR count). The zero-order chi connectivity index (χ0) is 10.9. The van der Waals surface area contributed by atoms with Gasteiger partial charge in [0.1, 0.15) is 0 Å². The lowest BCUT2D eigenvalue weighted by Crippen LogP contribution is -2.24. The van der Waals surface area contributed by atoms with Gasteiger partial charge in [0, 0.05) is 6.42 Å². The lowest BCUT2D eigenvalue weighted by Gasteiger charge is -2.22. The SMILES string of the molecule is O=S(=O)(F)OC1CCc2ccccc2C1. The molecule has 0 fully saturated rings. The predicted octanol–water partition coefficient (Wildman–Crippen LogP) is 1.77. The molecule has 0 amide bonds. The summed E-state index contributed by atoms with van der Waals surface area (Å²) in [5.41, 5.74) is 2.23. The van der Waals surface area contributed by atoms with Crippen LogP contribution in [0, 0.1) is 0 Å². The molecular formula is C10H11FO3S. The summed E-state index contributed by atoms with van der Waals surface area (Å²) in [6, 6.07) is 7.72. The van der Waals surface area contributed by atoms with Gasteiger partial charge in [-0.25, -0.2) is 4.18 Å². The number of fused-ring (bicyclic) bond motifs is 1. The van der Waals surface area contributed by atoms with E-state index in [1.54, 1.807) is 0 Å². The van der Waals surface area contributed by atoms with Crippen molar-refractivity contribution in [3.05, 3.63) is 35.4 Å². The Hall–Kier alpha value is -0.940. The van der Waals surface area contributed by atoms with Crippen molar-refractivity contribution < 1.29 is 16.5 Å². The lowest BCUT2D eigenvalue weighted by atomic mass is 9.90. The first kappa shape index (κ1) is 10.6. The van der Waals surface area contributed by atoms with E-state index in [4.69, 9.17) is 0 Å². The van der Waals surface area contributed by atoms with Gasteiger partial charge in [-0.15, -0.1) is 0 Å². The summed E-state index contributed by atoms with van der Waals surface area (Å²) in [7, 11) is -4.83. The highest BCUT2D eigenvalue weighted by molar-refractivity contribution is 7.81. The largest absolute Gasteiger partial charge is 0.437 e. The van der Waals surface area contributed by atoms with E-state index in [1.807, 2.05) is 24.3 Å². The van der Waals surface area contributed by atoms with Crippen LogP contribution in [0.4, 0.5) is 3.89 Å². The van der Waals surface area contributed by atoms with E-state index in [-0.39, 0.29) is 0 Å². The Bertz CT molecular complexity index is 455. The maximum Gasteiger partial charge on any atom is 0.437 e. The average Bonchev–Trinajstić information content (AvgIpc) is 2.15. The number of hydrogen-bond acceptors (Lipinski definition) is 3. The van der Waals surface area contributed by atoms with Crippen LogP contribution in [-0.2, 0) is 27.5 Å². The third-order valence-electron chi connectivity index (χ3n) is 2.55. The van der Waals surface area contributed by atoms with E-state index < -0.39 is 16.6 Å². The number of benzene rings is 1. The minimum absolute atomic E-state index is 0.458. The molecule has 1 atom stereocenters. The second-order valence-corrected chi connectivity index (χ2v) is 4.60. The molecular weight excluding hydrogens is 219 g/mol. The molecule has 3 nitrogen and oxygen atoms in total. The van der Waals surface area contributed by atoms with Gasteiger partial charge >= 0.3 is 10.5 Å². The van der Waals surface area contributed by atoms with Crippen LogP contribution in [0.3, 0.4) is 0 Å². The number of hydrogen-bond donors (Lipinski definition) is 0. The van der Waals surface area contributed by atoms with Crippen LogP contribution in [0.1, 0.15) is 17.5 Å². The van der Waals surface area contributed by atoms with Crippen LogP contribution >= 0.6 is 0 Å². The summed E-state index contributed by atoms with van der Waals surface area (Å²) in [5, 5.41) is 0. The summed E-state index contributed by atoms with van der Waals surface area (Å²) in [6.45, 7) is 0. The molecule has 0 spiro atoms. The fourth-order valence-electron chi connectivity index (χ4n) is 1.91. The highest BCUT2D eigenvalue weighted by atomic mass is 32.3. The smallest absolute Gasteiger partial charge is 0.241 e. The van der Waals surface area contributed by atoms with Crippen LogP contribution in [0.25, 0.3) is 0 Å². The second-order valence-electron chi connectivity index (χ2n) is 3.62. The van der Waals surface area contributed by atoms with Gasteiger partial charge in [0.25, 0.3) is 0 Å². The first-order valence-electron chi connectivity index (χ1n) is 4.74. The Morgan fingerprint density at radius 3 is 2.60 bits per heavy atom. The lowest BCUT2D eigenvalue weighted by molar-refractivity contribution is 0.179. The number of halogens is 1. The minimum Gasteiger partial charge on any atom is -0.241 e. The van der Waals surface area contributed by atoms with E-state index in [9.17, 15) is 12.3 Å². The topological polar surface area (TPSA) is 43.4 Å². The molecule has 1 aromatic carbocycles. The van der Waals surface area contributed by atoms with Crippen LogP contribution < -0.4 is 0 Å². The molecule has 1 aliphatic rings. The third-order valence-corrected chi connectivity index (χ3v) is 3.05. The standard InChI is InChI=1S/C10H11FO3S/c11-15(12,13)14-10-6-5-8-3-1-2-4-9(8)7-10/h1-4,10H,5-7H2. The van der Waals surface area contributed by atoms with Crippen LogP contribution in [0.15, 0.2) is 24.3 Å². The summed E-state index contributed by atoms with van der Waals surface area (Å²) < 4.78 is 37.3. The van der Waals surface area contributed by atoms with Gasteiger partial charge in [-0.2, -0.15) is 8.42 Å². The molecule has 1 aromatic rings. The Kier molecular flexibility index (Phi) is 2.75. The first-order chi connectivity index (χ1) is 7.04. The maximum atomic E-state index is 12.3. The molecule has 0 aromatic heterocycles. The molecule has 0 bridgehead atoms. The zero-order valence-electron chi connectivity index (χ0n) is 8.02. The highest BCUT2D eigenvalue weighted by Crippen LogP contribution is 2.24. The van der Waals surface area contributed by atoms with Crippen molar-refractivity contribution in [3.8, 4) is 0 Å². The second kappa shape index (κ2) is 3.90. The molecule has 0 radical (unpaired) electrons. The predicted molar refractivity (Wildman–Crippen MR) is 53.4 cm³/mol. The molecule has 0 saturated carbocycles. The van der Waals surface area contributed by atoms with E-state index in [2.05, 4.69) is 4.18 Å². The first-order valence-corrected chi connectivity index (χ1v) is 6.05. The molecule has 0 heterocycles. The Balaban J connectivity index is 2.12. The van der Waals surface area contributed by atoms with E-state index in [1.165, 1.54) is 5.56 Å².